The molecule has 0 spiro atoms. The van der Waals surface area contributed by atoms with Crippen molar-refractivity contribution in [3.05, 3.63) is 63.3 Å². The standard InChI is InChI=1S/C17H13ClFN3OS3/c1-10(15(23)20-14-8-7-11(19)9-13(14)18)25-16-21-22(17(24)26-16)12-5-3-2-4-6-12/h2-10H,1H3,(H,20,23). The highest BCUT2D eigenvalue weighted by molar-refractivity contribution is 8.02. The van der Waals surface area contributed by atoms with Crippen molar-refractivity contribution in [1.82, 2.24) is 9.78 Å². The van der Waals surface area contributed by atoms with Gasteiger partial charge in [-0.3, -0.25) is 4.79 Å². The lowest BCUT2D eigenvalue weighted by atomic mass is 10.3. The molecule has 1 unspecified atom stereocenters. The quantitative estimate of drug-likeness (QED) is 0.428. The summed E-state index contributed by atoms with van der Waals surface area (Å²) in [5.41, 5.74) is 1.24. The summed E-state index contributed by atoms with van der Waals surface area (Å²) in [5.74, 6) is -0.711. The van der Waals surface area contributed by atoms with Crippen molar-refractivity contribution in [2.45, 2.75) is 16.5 Å². The molecule has 0 aliphatic carbocycles. The largest absolute Gasteiger partial charge is 0.324 e. The minimum atomic E-state index is -0.457. The smallest absolute Gasteiger partial charge is 0.237 e. The third-order valence-corrected chi connectivity index (χ3v) is 6.09. The number of para-hydroxylation sites is 1. The minimum Gasteiger partial charge on any atom is -0.324 e. The second-order valence-corrected chi connectivity index (χ2v) is 8.87. The maximum atomic E-state index is 13.1. The van der Waals surface area contributed by atoms with Gasteiger partial charge in [0.15, 0.2) is 8.29 Å². The van der Waals surface area contributed by atoms with Crippen LogP contribution in [0.1, 0.15) is 6.92 Å². The Morgan fingerprint density at radius 2 is 2.08 bits per heavy atom. The second-order valence-electron chi connectivity index (χ2n) is 5.25. The number of halogens is 2. The highest BCUT2D eigenvalue weighted by Crippen LogP contribution is 2.29. The molecule has 4 nitrogen and oxygen atoms in total. The van der Waals surface area contributed by atoms with E-state index in [1.165, 1.54) is 35.2 Å². The van der Waals surface area contributed by atoms with E-state index in [0.717, 1.165) is 11.8 Å². The van der Waals surface area contributed by atoms with Gasteiger partial charge in [0, 0.05) is 0 Å². The van der Waals surface area contributed by atoms with Crippen molar-refractivity contribution < 1.29 is 9.18 Å². The number of carbonyl (C=O) groups excluding carboxylic acids is 1. The fourth-order valence-corrected chi connectivity index (χ4v) is 4.79. The van der Waals surface area contributed by atoms with Crippen molar-refractivity contribution in [2.75, 3.05) is 5.32 Å². The van der Waals surface area contributed by atoms with Crippen molar-refractivity contribution in [3.8, 4) is 5.69 Å². The summed E-state index contributed by atoms with van der Waals surface area (Å²) in [5, 5.41) is 6.90. The first-order valence-electron chi connectivity index (χ1n) is 7.52. The Hall–Kier alpha value is -1.74. The van der Waals surface area contributed by atoms with Crippen LogP contribution in [-0.2, 0) is 4.79 Å². The lowest BCUT2D eigenvalue weighted by molar-refractivity contribution is -0.115. The van der Waals surface area contributed by atoms with Crippen LogP contribution in [-0.4, -0.2) is 20.9 Å². The molecule has 26 heavy (non-hydrogen) atoms. The van der Waals surface area contributed by atoms with E-state index in [9.17, 15) is 9.18 Å². The van der Waals surface area contributed by atoms with E-state index in [4.69, 9.17) is 23.8 Å². The van der Waals surface area contributed by atoms with Gasteiger partial charge in [-0.15, -0.1) is 5.10 Å². The average Bonchev–Trinajstić information content (AvgIpc) is 2.98. The monoisotopic (exact) mass is 425 g/mol. The molecule has 1 heterocycles. The van der Waals surface area contributed by atoms with E-state index in [1.54, 1.807) is 11.6 Å². The Labute approximate surface area is 168 Å². The molecule has 0 bridgehead atoms. The Morgan fingerprint density at radius 3 is 2.77 bits per heavy atom. The van der Waals surface area contributed by atoms with Crippen molar-refractivity contribution in [3.63, 3.8) is 0 Å². The summed E-state index contributed by atoms with van der Waals surface area (Å²) < 4.78 is 16.1. The number of aromatic nitrogens is 2. The Kier molecular flexibility index (Phi) is 6.08. The summed E-state index contributed by atoms with van der Waals surface area (Å²) in [6, 6.07) is 13.4. The number of rotatable bonds is 5. The zero-order chi connectivity index (χ0) is 18.7. The average molecular weight is 426 g/mol. The molecule has 1 N–H and O–H groups in total. The summed E-state index contributed by atoms with van der Waals surface area (Å²) in [7, 11) is 0. The number of hydrogen-bond donors (Lipinski definition) is 1. The van der Waals surface area contributed by atoms with Crippen LogP contribution in [0.3, 0.4) is 0 Å². The SMILES string of the molecule is CC(Sc1nn(-c2ccccc2)c(=S)s1)C(=O)Nc1ccc(F)cc1Cl. The van der Waals surface area contributed by atoms with E-state index in [2.05, 4.69) is 10.4 Å². The molecule has 1 amide bonds. The number of thioether (sulfide) groups is 1. The lowest BCUT2D eigenvalue weighted by Crippen LogP contribution is -2.22. The number of carbonyl (C=O) groups is 1. The van der Waals surface area contributed by atoms with Crippen LogP contribution in [0.25, 0.3) is 5.69 Å². The molecule has 0 saturated carbocycles. The number of anilines is 1. The van der Waals surface area contributed by atoms with Gasteiger partial charge in [0.05, 0.1) is 21.6 Å². The first kappa shape index (κ1) is 19.0. The predicted octanol–water partition coefficient (Wildman–Crippen LogP) is 5.58. The molecule has 1 atom stereocenters. The van der Waals surface area contributed by atoms with E-state index >= 15 is 0 Å². The van der Waals surface area contributed by atoms with Gasteiger partial charge in [-0.25, -0.2) is 9.07 Å². The van der Waals surface area contributed by atoms with Gasteiger partial charge in [0.25, 0.3) is 0 Å². The van der Waals surface area contributed by atoms with Gasteiger partial charge < -0.3 is 5.32 Å². The van der Waals surface area contributed by atoms with Crippen LogP contribution in [0.15, 0.2) is 52.9 Å². The first-order chi connectivity index (χ1) is 12.4. The molecular formula is C17H13ClFN3OS3. The van der Waals surface area contributed by atoms with Crippen LogP contribution in [0.5, 0.6) is 0 Å². The van der Waals surface area contributed by atoms with Gasteiger partial charge in [-0.1, -0.05) is 52.9 Å². The zero-order valence-corrected chi connectivity index (χ0v) is 16.7. The highest BCUT2D eigenvalue weighted by Gasteiger charge is 2.18. The summed E-state index contributed by atoms with van der Waals surface area (Å²) in [6.45, 7) is 1.76. The maximum Gasteiger partial charge on any atom is 0.237 e. The molecule has 3 rings (SSSR count). The molecule has 0 radical (unpaired) electrons. The van der Waals surface area contributed by atoms with Gasteiger partial charge >= 0.3 is 0 Å². The lowest BCUT2D eigenvalue weighted by Gasteiger charge is -2.11. The Morgan fingerprint density at radius 1 is 1.35 bits per heavy atom. The maximum absolute atomic E-state index is 13.1. The van der Waals surface area contributed by atoms with Crippen LogP contribution in [0, 0.1) is 9.77 Å². The van der Waals surface area contributed by atoms with Crippen molar-refractivity contribution in [2.24, 2.45) is 0 Å². The van der Waals surface area contributed by atoms with Crippen molar-refractivity contribution in [1.29, 1.82) is 0 Å². The number of benzene rings is 2. The van der Waals surface area contributed by atoms with Gasteiger partial charge in [0.2, 0.25) is 5.91 Å². The summed E-state index contributed by atoms with van der Waals surface area (Å²) in [6.07, 6.45) is 0. The predicted molar refractivity (Wildman–Crippen MR) is 108 cm³/mol. The Balaban J connectivity index is 1.71. The number of nitrogens with one attached hydrogen (secondary N) is 1. The molecular weight excluding hydrogens is 413 g/mol. The van der Waals surface area contributed by atoms with Gasteiger partial charge in [0.1, 0.15) is 5.82 Å². The molecule has 3 aromatic rings. The topological polar surface area (TPSA) is 46.9 Å². The van der Waals surface area contributed by atoms with Crippen molar-refractivity contribution >= 4 is 58.5 Å². The molecule has 0 aliphatic heterocycles. The van der Waals surface area contributed by atoms with Crippen LogP contribution in [0.4, 0.5) is 10.1 Å². The molecule has 134 valence electrons. The first-order valence-corrected chi connectivity index (χ1v) is 10.0. The van der Waals surface area contributed by atoms with Crippen LogP contribution < -0.4 is 5.32 Å². The number of nitrogens with zero attached hydrogens (tertiary/aromatic N) is 2. The van der Waals surface area contributed by atoms with E-state index in [-0.39, 0.29) is 10.9 Å². The van der Waals surface area contributed by atoms with E-state index < -0.39 is 11.1 Å². The third kappa shape index (κ3) is 4.50. The van der Waals surface area contributed by atoms with Gasteiger partial charge in [-0.2, -0.15) is 0 Å². The summed E-state index contributed by atoms with van der Waals surface area (Å²) >= 11 is 13.9. The molecule has 9 heteroatoms. The number of amides is 1. The Bertz CT molecular complexity index is 990. The molecule has 0 saturated heterocycles. The fourth-order valence-electron chi connectivity index (χ4n) is 2.07. The van der Waals surface area contributed by atoms with E-state index in [0.29, 0.717) is 14.0 Å². The van der Waals surface area contributed by atoms with Crippen LogP contribution in [0.2, 0.25) is 5.02 Å². The zero-order valence-electron chi connectivity index (χ0n) is 13.5. The molecule has 0 fully saturated rings. The molecule has 2 aromatic carbocycles. The normalized spacial score (nSPS) is 12.0. The highest BCUT2D eigenvalue weighted by atomic mass is 35.5. The number of hydrogen-bond acceptors (Lipinski definition) is 5. The summed E-state index contributed by atoms with van der Waals surface area (Å²) in [4.78, 5) is 12.4. The van der Waals surface area contributed by atoms with Gasteiger partial charge in [-0.05, 0) is 49.5 Å². The fraction of sp³-hybridized carbons (Fsp3) is 0.118. The minimum absolute atomic E-state index is 0.152. The third-order valence-electron chi connectivity index (χ3n) is 3.37. The van der Waals surface area contributed by atoms with E-state index in [1.807, 2.05) is 30.3 Å². The molecule has 1 aromatic heterocycles. The second kappa shape index (κ2) is 8.30. The molecule has 0 aliphatic rings. The van der Waals surface area contributed by atoms with Crippen LogP contribution >= 0.6 is 46.9 Å².